The zero-order chi connectivity index (χ0) is 14.0. The predicted octanol–water partition coefficient (Wildman–Crippen LogP) is 1.49. The van der Waals surface area contributed by atoms with Gasteiger partial charge in [0.1, 0.15) is 0 Å². The van der Waals surface area contributed by atoms with Crippen LogP contribution in [0.2, 0.25) is 0 Å². The van der Waals surface area contributed by atoms with Gasteiger partial charge in [-0.3, -0.25) is 4.79 Å². The molecule has 3 unspecified atom stereocenters. The number of carbonyl (C=O) groups excluding carboxylic acids is 1. The monoisotopic (exact) mass is 262 g/mol. The molecule has 4 heteroatoms. The second-order valence-electron chi connectivity index (χ2n) is 5.34. The van der Waals surface area contributed by atoms with Crippen LogP contribution in [-0.4, -0.2) is 37.1 Å². The van der Waals surface area contributed by atoms with E-state index in [0.717, 1.165) is 5.56 Å². The summed E-state index contributed by atoms with van der Waals surface area (Å²) in [7, 11) is 1.83. The Hall–Kier alpha value is -1.39. The van der Waals surface area contributed by atoms with Gasteiger partial charge in [0.15, 0.2) is 0 Å². The normalized spacial score (nSPS) is 24.2. The molecule has 0 bridgehead atoms. The quantitative estimate of drug-likeness (QED) is 0.898. The zero-order valence-electron chi connectivity index (χ0n) is 11.8. The fraction of sp³-hybridized carbons (Fsp3) is 0.533. The molecular weight excluding hydrogens is 240 g/mol. The van der Waals surface area contributed by atoms with Crippen LogP contribution in [0.1, 0.15) is 24.1 Å². The van der Waals surface area contributed by atoms with E-state index in [-0.39, 0.29) is 23.9 Å². The van der Waals surface area contributed by atoms with Crippen molar-refractivity contribution in [3.05, 3.63) is 35.4 Å². The van der Waals surface area contributed by atoms with Crippen molar-refractivity contribution in [2.75, 3.05) is 20.3 Å². The molecule has 19 heavy (non-hydrogen) atoms. The van der Waals surface area contributed by atoms with Crippen LogP contribution < -0.4 is 5.73 Å². The third-order valence-corrected chi connectivity index (χ3v) is 3.93. The molecule has 1 saturated heterocycles. The van der Waals surface area contributed by atoms with Crippen molar-refractivity contribution in [1.29, 1.82) is 0 Å². The molecule has 1 heterocycles. The van der Waals surface area contributed by atoms with E-state index in [1.807, 2.05) is 14.0 Å². The smallest absolute Gasteiger partial charge is 0.229 e. The summed E-state index contributed by atoms with van der Waals surface area (Å²) in [4.78, 5) is 14.2. The lowest BCUT2D eigenvalue weighted by atomic mass is 10.00. The number of aryl methyl sites for hydroxylation is 1. The van der Waals surface area contributed by atoms with Crippen LogP contribution >= 0.6 is 0 Å². The maximum atomic E-state index is 12.4. The predicted molar refractivity (Wildman–Crippen MR) is 74.6 cm³/mol. The van der Waals surface area contributed by atoms with E-state index in [1.54, 1.807) is 4.90 Å². The Labute approximate surface area is 114 Å². The molecule has 0 saturated carbocycles. The Bertz CT molecular complexity index is 444. The average molecular weight is 262 g/mol. The first-order valence-electron chi connectivity index (χ1n) is 6.67. The molecule has 1 aromatic rings. The van der Waals surface area contributed by atoms with Crippen molar-refractivity contribution in [2.45, 2.75) is 25.9 Å². The van der Waals surface area contributed by atoms with Gasteiger partial charge in [0.2, 0.25) is 5.91 Å². The molecule has 4 nitrogen and oxygen atoms in total. The molecular formula is C15H22N2O2. The van der Waals surface area contributed by atoms with Crippen LogP contribution in [0, 0.1) is 12.8 Å². The maximum Gasteiger partial charge on any atom is 0.229 e. The number of ether oxygens (including phenoxy) is 1. The van der Waals surface area contributed by atoms with Crippen LogP contribution in [0.25, 0.3) is 0 Å². The van der Waals surface area contributed by atoms with Gasteiger partial charge in [-0.25, -0.2) is 0 Å². The number of amides is 1. The highest BCUT2D eigenvalue weighted by molar-refractivity contribution is 5.80. The first-order valence-corrected chi connectivity index (χ1v) is 6.67. The summed E-state index contributed by atoms with van der Waals surface area (Å²) in [6.45, 7) is 5.00. The highest BCUT2D eigenvalue weighted by atomic mass is 16.5. The molecule has 104 valence electrons. The molecule has 0 aliphatic carbocycles. The number of nitrogens with zero attached hydrogens (tertiary/aromatic N) is 1. The van der Waals surface area contributed by atoms with E-state index < -0.39 is 0 Å². The van der Waals surface area contributed by atoms with Crippen LogP contribution in [0.4, 0.5) is 0 Å². The van der Waals surface area contributed by atoms with Gasteiger partial charge in [-0.15, -0.1) is 0 Å². The van der Waals surface area contributed by atoms with E-state index in [0.29, 0.717) is 13.2 Å². The third-order valence-electron chi connectivity index (χ3n) is 3.93. The van der Waals surface area contributed by atoms with Gasteiger partial charge in [-0.1, -0.05) is 29.8 Å². The number of hydrogen-bond acceptors (Lipinski definition) is 3. The second-order valence-corrected chi connectivity index (χ2v) is 5.34. The standard InChI is InChI=1S/C15H22N2O2/c1-10-4-6-12(7-5-10)11(2)17(3)15(18)13-8-19-9-14(13)16/h4-7,11,13-14H,8-9,16H2,1-3H3. The molecule has 0 radical (unpaired) electrons. The minimum absolute atomic E-state index is 0.0425. The van der Waals surface area contributed by atoms with Gasteiger partial charge in [-0.05, 0) is 19.4 Å². The molecule has 0 spiro atoms. The Morgan fingerprint density at radius 3 is 2.53 bits per heavy atom. The van der Waals surface area contributed by atoms with E-state index >= 15 is 0 Å². The van der Waals surface area contributed by atoms with Gasteiger partial charge in [0.25, 0.3) is 0 Å². The lowest BCUT2D eigenvalue weighted by molar-refractivity contribution is -0.136. The molecule has 1 aliphatic rings. The molecule has 1 amide bonds. The van der Waals surface area contributed by atoms with Crippen molar-refractivity contribution in [3.8, 4) is 0 Å². The summed E-state index contributed by atoms with van der Waals surface area (Å²) in [5, 5.41) is 0. The fourth-order valence-electron chi connectivity index (χ4n) is 2.35. The van der Waals surface area contributed by atoms with Crippen LogP contribution in [0.5, 0.6) is 0 Å². The van der Waals surface area contributed by atoms with Gasteiger partial charge < -0.3 is 15.4 Å². The number of rotatable bonds is 3. The summed E-state index contributed by atoms with van der Waals surface area (Å²) >= 11 is 0. The lowest BCUT2D eigenvalue weighted by Crippen LogP contribution is -2.42. The third kappa shape index (κ3) is 2.96. The number of nitrogens with two attached hydrogens (primary N) is 1. The molecule has 0 aromatic heterocycles. The SMILES string of the molecule is Cc1ccc(C(C)N(C)C(=O)C2COCC2N)cc1. The number of hydrogen-bond donors (Lipinski definition) is 1. The maximum absolute atomic E-state index is 12.4. The fourth-order valence-corrected chi connectivity index (χ4v) is 2.35. The highest BCUT2D eigenvalue weighted by Gasteiger charge is 2.34. The molecule has 2 rings (SSSR count). The summed E-state index contributed by atoms with van der Waals surface area (Å²) in [6, 6.07) is 8.12. The van der Waals surface area contributed by atoms with Crippen molar-refractivity contribution in [2.24, 2.45) is 11.7 Å². The highest BCUT2D eigenvalue weighted by Crippen LogP contribution is 2.23. The molecule has 3 atom stereocenters. The van der Waals surface area contributed by atoms with Crippen molar-refractivity contribution < 1.29 is 9.53 Å². The van der Waals surface area contributed by atoms with Crippen molar-refractivity contribution >= 4 is 5.91 Å². The largest absolute Gasteiger partial charge is 0.379 e. The number of benzene rings is 1. The minimum atomic E-state index is -0.210. The molecule has 1 aliphatic heterocycles. The van der Waals surface area contributed by atoms with Crippen LogP contribution in [0.15, 0.2) is 24.3 Å². The first kappa shape index (κ1) is 14.0. The molecule has 2 N–H and O–H groups in total. The van der Waals surface area contributed by atoms with Crippen LogP contribution in [0.3, 0.4) is 0 Å². The molecule has 1 fully saturated rings. The first-order chi connectivity index (χ1) is 9.00. The Morgan fingerprint density at radius 2 is 2.00 bits per heavy atom. The van der Waals surface area contributed by atoms with Gasteiger partial charge >= 0.3 is 0 Å². The van der Waals surface area contributed by atoms with E-state index in [1.165, 1.54) is 5.56 Å². The second kappa shape index (κ2) is 5.72. The van der Waals surface area contributed by atoms with Gasteiger partial charge in [0.05, 0.1) is 25.2 Å². The minimum Gasteiger partial charge on any atom is -0.379 e. The summed E-state index contributed by atoms with van der Waals surface area (Å²) in [5.74, 6) is -0.143. The summed E-state index contributed by atoms with van der Waals surface area (Å²) in [5.41, 5.74) is 8.26. The molecule has 1 aromatic carbocycles. The van der Waals surface area contributed by atoms with Crippen molar-refractivity contribution in [3.63, 3.8) is 0 Å². The summed E-state index contributed by atoms with van der Waals surface area (Å²) < 4.78 is 5.27. The Kier molecular flexibility index (Phi) is 4.22. The number of carbonyl (C=O) groups is 1. The Balaban J connectivity index is 2.08. The van der Waals surface area contributed by atoms with Crippen LogP contribution in [-0.2, 0) is 9.53 Å². The average Bonchev–Trinajstić information content (AvgIpc) is 2.83. The van der Waals surface area contributed by atoms with E-state index in [9.17, 15) is 4.79 Å². The van der Waals surface area contributed by atoms with Gasteiger partial charge in [-0.2, -0.15) is 0 Å². The summed E-state index contributed by atoms with van der Waals surface area (Å²) in [6.07, 6.45) is 0. The topological polar surface area (TPSA) is 55.6 Å². The van der Waals surface area contributed by atoms with Crippen molar-refractivity contribution in [1.82, 2.24) is 4.90 Å². The zero-order valence-corrected chi connectivity index (χ0v) is 11.8. The van der Waals surface area contributed by atoms with E-state index in [4.69, 9.17) is 10.5 Å². The Morgan fingerprint density at radius 1 is 1.37 bits per heavy atom. The lowest BCUT2D eigenvalue weighted by Gasteiger charge is -2.28. The van der Waals surface area contributed by atoms with Gasteiger partial charge in [0, 0.05) is 13.1 Å². The van der Waals surface area contributed by atoms with E-state index in [2.05, 4.69) is 31.2 Å².